The summed E-state index contributed by atoms with van der Waals surface area (Å²) in [5.41, 5.74) is 5.08. The highest BCUT2D eigenvalue weighted by Gasteiger charge is 2.24. The number of carbonyl (C=O) groups excluding carboxylic acids is 2. The van der Waals surface area contributed by atoms with Gasteiger partial charge in [0.05, 0.1) is 13.2 Å². The molecule has 1 aliphatic rings. The van der Waals surface area contributed by atoms with Crippen molar-refractivity contribution in [2.24, 2.45) is 0 Å². The monoisotopic (exact) mass is 367 g/mol. The number of ether oxygens (including phenoxy) is 1. The number of amides is 2. The van der Waals surface area contributed by atoms with Gasteiger partial charge in [-0.25, -0.2) is 0 Å². The van der Waals surface area contributed by atoms with Gasteiger partial charge in [0.25, 0.3) is 0 Å². The van der Waals surface area contributed by atoms with E-state index in [1.807, 2.05) is 42.5 Å². The molecule has 0 aliphatic carbocycles. The minimum atomic E-state index is -0.0741. The van der Waals surface area contributed by atoms with Gasteiger partial charge in [-0.3, -0.25) is 9.59 Å². The van der Waals surface area contributed by atoms with Crippen LogP contribution in [0.1, 0.15) is 23.6 Å². The zero-order valence-corrected chi connectivity index (χ0v) is 15.7. The maximum atomic E-state index is 12.2. The van der Waals surface area contributed by atoms with Crippen molar-refractivity contribution < 1.29 is 14.3 Å². The molecule has 0 fully saturated rings. The summed E-state index contributed by atoms with van der Waals surface area (Å²) < 4.78 is 5.09. The highest BCUT2D eigenvalue weighted by Crippen LogP contribution is 2.33. The van der Waals surface area contributed by atoms with Gasteiger partial charge in [0.15, 0.2) is 0 Å². The van der Waals surface area contributed by atoms with Gasteiger partial charge < -0.3 is 20.3 Å². The molecule has 0 saturated heterocycles. The second kappa shape index (κ2) is 8.68. The minimum Gasteiger partial charge on any atom is -0.380 e. The van der Waals surface area contributed by atoms with Gasteiger partial charge in [-0.05, 0) is 29.7 Å². The van der Waals surface area contributed by atoms with Gasteiger partial charge in [-0.2, -0.15) is 0 Å². The molecule has 3 rings (SSSR count). The summed E-state index contributed by atoms with van der Waals surface area (Å²) in [6, 6.07) is 13.8. The SMILES string of the molecule is COCc1ccc(CNC(=O)CNc2cccc3c2CCN3C(C)=O)cc1. The lowest BCUT2D eigenvalue weighted by Gasteiger charge is -2.16. The number of rotatable bonds is 7. The summed E-state index contributed by atoms with van der Waals surface area (Å²) in [5, 5.41) is 6.12. The fourth-order valence-corrected chi connectivity index (χ4v) is 3.29. The first-order chi connectivity index (χ1) is 13.1. The molecule has 6 heteroatoms. The van der Waals surface area contributed by atoms with E-state index in [1.54, 1.807) is 18.9 Å². The third-order valence-electron chi connectivity index (χ3n) is 4.67. The zero-order valence-electron chi connectivity index (χ0n) is 15.7. The molecule has 0 unspecified atom stereocenters. The van der Waals surface area contributed by atoms with Crippen LogP contribution in [0.15, 0.2) is 42.5 Å². The minimum absolute atomic E-state index is 0.0418. The molecule has 27 heavy (non-hydrogen) atoms. The first-order valence-corrected chi connectivity index (χ1v) is 9.06. The molecule has 1 heterocycles. The largest absolute Gasteiger partial charge is 0.380 e. The number of hydrogen-bond donors (Lipinski definition) is 2. The molecular weight excluding hydrogens is 342 g/mol. The van der Waals surface area contributed by atoms with Crippen LogP contribution in [0.4, 0.5) is 11.4 Å². The third kappa shape index (κ3) is 4.65. The summed E-state index contributed by atoms with van der Waals surface area (Å²) in [6.07, 6.45) is 0.799. The average Bonchev–Trinajstić information content (AvgIpc) is 3.11. The standard InChI is InChI=1S/C21H25N3O3/c1-15(25)24-11-10-18-19(4-3-5-20(18)24)22-13-21(26)23-12-16-6-8-17(9-7-16)14-27-2/h3-9,22H,10-14H2,1-2H3,(H,23,26). The molecule has 142 valence electrons. The molecule has 0 radical (unpaired) electrons. The maximum Gasteiger partial charge on any atom is 0.239 e. The molecule has 0 atom stereocenters. The molecule has 6 nitrogen and oxygen atoms in total. The van der Waals surface area contributed by atoms with E-state index in [0.29, 0.717) is 19.7 Å². The zero-order chi connectivity index (χ0) is 19.2. The lowest BCUT2D eigenvalue weighted by molar-refractivity contribution is -0.119. The Morgan fingerprint density at radius 1 is 1.11 bits per heavy atom. The number of nitrogens with zero attached hydrogens (tertiary/aromatic N) is 1. The average molecular weight is 367 g/mol. The normalized spacial score (nSPS) is 12.6. The maximum absolute atomic E-state index is 12.2. The van der Waals surface area contributed by atoms with E-state index in [9.17, 15) is 9.59 Å². The Bertz CT molecular complexity index is 818. The molecule has 2 amide bonds. The Hall–Kier alpha value is -2.86. The van der Waals surface area contributed by atoms with Crippen molar-refractivity contribution in [2.75, 3.05) is 30.4 Å². The lowest BCUT2D eigenvalue weighted by Crippen LogP contribution is -2.29. The van der Waals surface area contributed by atoms with E-state index in [-0.39, 0.29) is 18.4 Å². The highest BCUT2D eigenvalue weighted by molar-refractivity contribution is 5.95. The van der Waals surface area contributed by atoms with Crippen LogP contribution < -0.4 is 15.5 Å². The van der Waals surface area contributed by atoms with Crippen LogP contribution in [0.5, 0.6) is 0 Å². The Morgan fingerprint density at radius 3 is 2.56 bits per heavy atom. The van der Waals surface area contributed by atoms with Gasteiger partial charge in [0.1, 0.15) is 0 Å². The molecule has 2 aromatic rings. The van der Waals surface area contributed by atoms with Crippen molar-refractivity contribution in [3.05, 3.63) is 59.2 Å². The van der Waals surface area contributed by atoms with Gasteiger partial charge in [0.2, 0.25) is 11.8 Å². The predicted octanol–water partition coefficient (Wildman–Crippen LogP) is 2.47. The number of methoxy groups -OCH3 is 1. The highest BCUT2D eigenvalue weighted by atomic mass is 16.5. The Morgan fingerprint density at radius 2 is 1.85 bits per heavy atom. The Kier molecular flexibility index (Phi) is 6.08. The van der Waals surface area contributed by atoms with Crippen LogP contribution >= 0.6 is 0 Å². The topological polar surface area (TPSA) is 70.7 Å². The molecule has 0 bridgehead atoms. The predicted molar refractivity (Wildman–Crippen MR) is 106 cm³/mol. The van der Waals surface area contributed by atoms with Gasteiger partial charge in [-0.15, -0.1) is 0 Å². The second-order valence-corrected chi connectivity index (χ2v) is 6.60. The van der Waals surface area contributed by atoms with E-state index in [1.165, 1.54) is 0 Å². The molecule has 2 aromatic carbocycles. The number of carbonyl (C=O) groups is 2. The van der Waals surface area contributed by atoms with E-state index >= 15 is 0 Å². The summed E-state index contributed by atoms with van der Waals surface area (Å²) in [5.74, 6) is -0.0323. The van der Waals surface area contributed by atoms with Crippen molar-refractivity contribution in [3.8, 4) is 0 Å². The van der Waals surface area contributed by atoms with Crippen molar-refractivity contribution >= 4 is 23.2 Å². The lowest BCUT2D eigenvalue weighted by atomic mass is 10.1. The van der Waals surface area contributed by atoms with Crippen molar-refractivity contribution in [1.82, 2.24) is 5.32 Å². The fourth-order valence-electron chi connectivity index (χ4n) is 3.29. The van der Waals surface area contributed by atoms with E-state index in [2.05, 4.69) is 10.6 Å². The number of benzene rings is 2. The summed E-state index contributed by atoms with van der Waals surface area (Å²) in [7, 11) is 1.67. The third-order valence-corrected chi connectivity index (χ3v) is 4.67. The molecule has 0 aromatic heterocycles. The molecular formula is C21H25N3O3. The fraction of sp³-hybridized carbons (Fsp3) is 0.333. The van der Waals surface area contributed by atoms with E-state index in [0.717, 1.165) is 34.5 Å². The van der Waals surface area contributed by atoms with Crippen LogP contribution in [-0.4, -0.2) is 32.0 Å². The van der Waals surface area contributed by atoms with Crippen molar-refractivity contribution in [3.63, 3.8) is 0 Å². The van der Waals surface area contributed by atoms with Crippen LogP contribution in [0.2, 0.25) is 0 Å². The van der Waals surface area contributed by atoms with Crippen LogP contribution in [0.25, 0.3) is 0 Å². The number of nitrogens with one attached hydrogen (secondary N) is 2. The summed E-state index contributed by atoms with van der Waals surface area (Å²) in [4.78, 5) is 25.6. The Balaban J connectivity index is 1.52. The number of fused-ring (bicyclic) bond motifs is 1. The Labute approximate surface area is 159 Å². The first kappa shape index (κ1) is 18.9. The molecule has 0 saturated carbocycles. The molecule has 2 N–H and O–H groups in total. The number of hydrogen-bond acceptors (Lipinski definition) is 4. The van der Waals surface area contributed by atoms with Crippen LogP contribution in [-0.2, 0) is 33.9 Å². The smallest absolute Gasteiger partial charge is 0.239 e. The van der Waals surface area contributed by atoms with Gasteiger partial charge >= 0.3 is 0 Å². The van der Waals surface area contributed by atoms with E-state index in [4.69, 9.17) is 4.74 Å². The second-order valence-electron chi connectivity index (χ2n) is 6.60. The summed E-state index contributed by atoms with van der Waals surface area (Å²) >= 11 is 0. The van der Waals surface area contributed by atoms with Crippen molar-refractivity contribution in [2.45, 2.75) is 26.5 Å². The summed E-state index contributed by atoms with van der Waals surface area (Å²) in [6.45, 7) is 3.52. The first-order valence-electron chi connectivity index (χ1n) is 9.06. The van der Waals surface area contributed by atoms with E-state index < -0.39 is 0 Å². The molecule has 1 aliphatic heterocycles. The van der Waals surface area contributed by atoms with Gasteiger partial charge in [0, 0.05) is 44.1 Å². The molecule has 0 spiro atoms. The quantitative estimate of drug-likeness (QED) is 0.789. The van der Waals surface area contributed by atoms with Crippen molar-refractivity contribution in [1.29, 1.82) is 0 Å². The van der Waals surface area contributed by atoms with Crippen LogP contribution in [0.3, 0.4) is 0 Å². The number of anilines is 2. The van der Waals surface area contributed by atoms with Gasteiger partial charge in [-0.1, -0.05) is 30.3 Å². The van der Waals surface area contributed by atoms with Crippen LogP contribution in [0, 0.1) is 0 Å².